The van der Waals surface area contributed by atoms with E-state index in [0.717, 1.165) is 11.3 Å². The zero-order valence-electron chi connectivity index (χ0n) is 10.5. The van der Waals surface area contributed by atoms with Crippen LogP contribution in [0.2, 0.25) is 5.02 Å². The van der Waals surface area contributed by atoms with Gasteiger partial charge in [0.1, 0.15) is 11.4 Å². The predicted molar refractivity (Wildman–Crippen MR) is 71.7 cm³/mol. The van der Waals surface area contributed by atoms with Gasteiger partial charge in [-0.05, 0) is 18.1 Å². The Labute approximate surface area is 115 Å². The van der Waals surface area contributed by atoms with E-state index in [4.69, 9.17) is 16.3 Å². The van der Waals surface area contributed by atoms with Crippen LogP contribution in [-0.2, 0) is 13.5 Å². The highest BCUT2D eigenvalue weighted by Gasteiger charge is 2.29. The minimum absolute atomic E-state index is 0.0143. The van der Waals surface area contributed by atoms with E-state index in [9.17, 15) is 4.79 Å². The van der Waals surface area contributed by atoms with Crippen LogP contribution < -0.4 is 4.74 Å². The number of hydrogen-bond donors (Lipinski definition) is 0. The molecule has 0 amide bonds. The van der Waals surface area contributed by atoms with Crippen LogP contribution in [0.25, 0.3) is 0 Å². The second-order valence-electron chi connectivity index (χ2n) is 4.65. The summed E-state index contributed by atoms with van der Waals surface area (Å²) in [5, 5.41) is 4.39. The minimum Gasteiger partial charge on any atom is -0.493 e. The number of Topliss-reactive ketones (excluding diaryl/α,β-unsaturated/α-hetero) is 1. The number of nitrogens with zero attached hydrogens (tertiary/aromatic N) is 2. The number of carbonyl (C=O) groups is 1. The fraction of sp³-hybridized carbons (Fsp3) is 0.286. The summed E-state index contributed by atoms with van der Waals surface area (Å²) in [6.07, 6.45) is 2.17. The lowest BCUT2D eigenvalue weighted by molar-refractivity contribution is 0.0845. The first-order chi connectivity index (χ1) is 9.16. The number of fused-ring (bicyclic) bond motifs is 1. The van der Waals surface area contributed by atoms with Gasteiger partial charge in [0.15, 0.2) is 5.78 Å². The maximum absolute atomic E-state index is 12.5. The number of rotatable bonds is 2. The molecule has 2 aromatic rings. The first-order valence-electron chi connectivity index (χ1n) is 6.09. The number of benzene rings is 1. The lowest BCUT2D eigenvalue weighted by Crippen LogP contribution is -2.29. The second-order valence-corrected chi connectivity index (χ2v) is 5.06. The van der Waals surface area contributed by atoms with Gasteiger partial charge in [0.05, 0.1) is 23.7 Å². The van der Waals surface area contributed by atoms with E-state index in [0.29, 0.717) is 23.7 Å². The highest BCUT2D eigenvalue weighted by atomic mass is 35.5. The molecule has 1 aromatic carbocycles. The Morgan fingerprint density at radius 3 is 3.00 bits per heavy atom. The van der Waals surface area contributed by atoms with Crippen molar-refractivity contribution in [1.82, 2.24) is 9.78 Å². The van der Waals surface area contributed by atoms with Crippen LogP contribution >= 0.6 is 11.6 Å². The van der Waals surface area contributed by atoms with Crippen LogP contribution in [0.3, 0.4) is 0 Å². The summed E-state index contributed by atoms with van der Waals surface area (Å²) >= 11 is 6.01. The Bertz CT molecular complexity index is 617. The summed E-state index contributed by atoms with van der Waals surface area (Å²) in [7, 11) is 1.72. The molecule has 0 saturated heterocycles. The van der Waals surface area contributed by atoms with E-state index in [-0.39, 0.29) is 11.7 Å². The zero-order valence-corrected chi connectivity index (χ0v) is 11.2. The van der Waals surface area contributed by atoms with Gasteiger partial charge in [-0.3, -0.25) is 9.48 Å². The van der Waals surface area contributed by atoms with Gasteiger partial charge in [-0.25, -0.2) is 0 Å². The molecule has 1 aromatic heterocycles. The van der Waals surface area contributed by atoms with Gasteiger partial charge in [0, 0.05) is 7.05 Å². The van der Waals surface area contributed by atoms with Crippen LogP contribution in [0.1, 0.15) is 16.1 Å². The molecule has 2 heterocycles. The predicted octanol–water partition coefficient (Wildman–Crippen LogP) is 2.51. The molecule has 5 heteroatoms. The van der Waals surface area contributed by atoms with Crippen molar-refractivity contribution in [3.05, 3.63) is 46.7 Å². The molecule has 4 nitrogen and oxygen atoms in total. The van der Waals surface area contributed by atoms with Gasteiger partial charge < -0.3 is 4.74 Å². The quantitative estimate of drug-likeness (QED) is 0.792. The van der Waals surface area contributed by atoms with Crippen LogP contribution in [0.5, 0.6) is 5.75 Å². The van der Waals surface area contributed by atoms with Gasteiger partial charge in [-0.15, -0.1) is 0 Å². The van der Waals surface area contributed by atoms with Crippen LogP contribution in [0.15, 0.2) is 30.5 Å². The molecule has 1 atom stereocenters. The SMILES string of the molecule is Cn1ncc(Cl)c1C(=O)C1COc2ccccc2C1. The Balaban J connectivity index is 1.88. The number of hydrogen-bond acceptors (Lipinski definition) is 3. The van der Waals surface area contributed by atoms with Crippen molar-refractivity contribution in [2.24, 2.45) is 13.0 Å². The Hall–Kier alpha value is -1.81. The summed E-state index contributed by atoms with van der Waals surface area (Å²) in [6, 6.07) is 7.79. The molecule has 0 fully saturated rings. The molecule has 0 saturated carbocycles. The lowest BCUT2D eigenvalue weighted by Gasteiger charge is -2.24. The van der Waals surface area contributed by atoms with Gasteiger partial charge in [-0.2, -0.15) is 5.10 Å². The Kier molecular flexibility index (Phi) is 3.03. The average Bonchev–Trinajstić information content (AvgIpc) is 2.77. The van der Waals surface area contributed by atoms with Crippen LogP contribution in [0, 0.1) is 5.92 Å². The Morgan fingerprint density at radius 1 is 1.47 bits per heavy atom. The molecule has 1 aliphatic rings. The molecule has 1 aliphatic heterocycles. The minimum atomic E-state index is -0.206. The molecule has 0 spiro atoms. The maximum atomic E-state index is 12.5. The van der Waals surface area contributed by atoms with Crippen molar-refractivity contribution in [2.45, 2.75) is 6.42 Å². The standard InChI is InChI=1S/C14H13ClN2O2/c1-17-13(11(15)7-16-17)14(18)10-6-9-4-2-3-5-12(9)19-8-10/h2-5,7,10H,6,8H2,1H3. The molecule has 19 heavy (non-hydrogen) atoms. The third-order valence-corrected chi connectivity index (χ3v) is 3.65. The summed E-state index contributed by atoms with van der Waals surface area (Å²) in [6.45, 7) is 0.386. The molecule has 0 radical (unpaired) electrons. The van der Waals surface area contributed by atoms with E-state index >= 15 is 0 Å². The monoisotopic (exact) mass is 276 g/mol. The number of ether oxygens (including phenoxy) is 1. The fourth-order valence-electron chi connectivity index (χ4n) is 2.38. The van der Waals surface area contributed by atoms with Gasteiger partial charge in [0.25, 0.3) is 0 Å². The van der Waals surface area contributed by atoms with E-state index in [1.165, 1.54) is 10.9 Å². The summed E-state index contributed by atoms with van der Waals surface area (Å²) in [4.78, 5) is 12.5. The number of para-hydroxylation sites is 1. The molecule has 1 unspecified atom stereocenters. The molecule has 0 N–H and O–H groups in total. The normalized spacial score (nSPS) is 17.7. The topological polar surface area (TPSA) is 44.1 Å². The van der Waals surface area contributed by atoms with Crippen molar-refractivity contribution in [1.29, 1.82) is 0 Å². The van der Waals surface area contributed by atoms with Gasteiger partial charge in [-0.1, -0.05) is 29.8 Å². The average molecular weight is 277 g/mol. The molecular formula is C14H13ClN2O2. The third kappa shape index (κ3) is 2.12. The molecular weight excluding hydrogens is 264 g/mol. The summed E-state index contributed by atoms with van der Waals surface area (Å²) in [5.74, 6) is 0.643. The van der Waals surface area contributed by atoms with Crippen LogP contribution in [-0.4, -0.2) is 22.2 Å². The van der Waals surface area contributed by atoms with Crippen molar-refractivity contribution in [3.8, 4) is 5.75 Å². The van der Waals surface area contributed by atoms with Crippen LogP contribution in [0.4, 0.5) is 0 Å². The number of aromatic nitrogens is 2. The third-order valence-electron chi connectivity index (χ3n) is 3.38. The molecule has 0 aliphatic carbocycles. The first-order valence-corrected chi connectivity index (χ1v) is 6.47. The Morgan fingerprint density at radius 2 is 2.26 bits per heavy atom. The van der Waals surface area contributed by atoms with E-state index < -0.39 is 0 Å². The number of aryl methyl sites for hydroxylation is 1. The zero-order chi connectivity index (χ0) is 13.4. The first kappa shape index (κ1) is 12.2. The van der Waals surface area contributed by atoms with Gasteiger partial charge in [0.2, 0.25) is 0 Å². The van der Waals surface area contributed by atoms with E-state index in [1.807, 2.05) is 24.3 Å². The lowest BCUT2D eigenvalue weighted by atomic mass is 9.92. The molecule has 98 valence electrons. The maximum Gasteiger partial charge on any atom is 0.189 e. The second kappa shape index (κ2) is 4.70. The highest BCUT2D eigenvalue weighted by Crippen LogP contribution is 2.29. The van der Waals surface area contributed by atoms with E-state index in [1.54, 1.807) is 7.05 Å². The van der Waals surface area contributed by atoms with Crippen molar-refractivity contribution in [3.63, 3.8) is 0 Å². The van der Waals surface area contributed by atoms with Crippen molar-refractivity contribution >= 4 is 17.4 Å². The van der Waals surface area contributed by atoms with Gasteiger partial charge >= 0.3 is 0 Å². The number of halogens is 1. The fourth-order valence-corrected chi connectivity index (χ4v) is 2.64. The van der Waals surface area contributed by atoms with Crippen molar-refractivity contribution in [2.75, 3.05) is 6.61 Å². The largest absolute Gasteiger partial charge is 0.493 e. The molecule has 0 bridgehead atoms. The smallest absolute Gasteiger partial charge is 0.189 e. The molecule has 3 rings (SSSR count). The van der Waals surface area contributed by atoms with E-state index in [2.05, 4.69) is 5.10 Å². The summed E-state index contributed by atoms with van der Waals surface area (Å²) in [5.41, 5.74) is 1.51. The number of ketones is 1. The number of carbonyl (C=O) groups excluding carboxylic acids is 1. The summed E-state index contributed by atoms with van der Waals surface area (Å²) < 4.78 is 7.16. The highest BCUT2D eigenvalue weighted by molar-refractivity contribution is 6.33. The van der Waals surface area contributed by atoms with Crippen molar-refractivity contribution < 1.29 is 9.53 Å².